The Balaban J connectivity index is 3.15. The molecular formula is C5H7NO2S2. The van der Waals surface area contributed by atoms with Crippen molar-refractivity contribution in [3.8, 4) is 0 Å². The standard InChI is InChI=1S/C5H7NO2S2/c1-4-3-10(7,8)5(6-4)9-2/h3H,1-2H3. The van der Waals surface area contributed by atoms with E-state index in [-0.39, 0.29) is 4.38 Å². The molecular weight excluding hydrogens is 170 g/mol. The average Bonchev–Trinajstić information content (AvgIpc) is 2.04. The third-order valence-electron chi connectivity index (χ3n) is 1.01. The summed E-state index contributed by atoms with van der Waals surface area (Å²) in [6.45, 7) is 1.67. The van der Waals surface area contributed by atoms with E-state index in [9.17, 15) is 8.42 Å². The fraction of sp³-hybridized carbons (Fsp3) is 0.400. The highest BCUT2D eigenvalue weighted by Gasteiger charge is 2.21. The lowest BCUT2D eigenvalue weighted by Gasteiger charge is -1.89. The number of thioether (sulfide) groups is 1. The molecule has 0 saturated carbocycles. The van der Waals surface area contributed by atoms with E-state index in [0.29, 0.717) is 5.70 Å². The lowest BCUT2D eigenvalue weighted by atomic mass is 10.6. The summed E-state index contributed by atoms with van der Waals surface area (Å²) in [5, 5.41) is 1.18. The Hall–Kier alpha value is -0.290. The molecule has 0 radical (unpaired) electrons. The second-order valence-electron chi connectivity index (χ2n) is 1.89. The van der Waals surface area contributed by atoms with Gasteiger partial charge in [-0.15, -0.1) is 0 Å². The van der Waals surface area contributed by atoms with E-state index < -0.39 is 9.84 Å². The van der Waals surface area contributed by atoms with Crippen LogP contribution in [-0.2, 0) is 9.84 Å². The van der Waals surface area contributed by atoms with Crippen molar-refractivity contribution in [2.75, 3.05) is 6.26 Å². The van der Waals surface area contributed by atoms with Gasteiger partial charge in [0.2, 0.25) is 9.84 Å². The monoisotopic (exact) mass is 177 g/mol. The van der Waals surface area contributed by atoms with E-state index in [2.05, 4.69) is 4.99 Å². The maximum Gasteiger partial charge on any atom is 0.225 e. The number of rotatable bonds is 0. The van der Waals surface area contributed by atoms with Gasteiger partial charge in [-0.1, -0.05) is 11.8 Å². The highest BCUT2D eigenvalue weighted by molar-refractivity contribution is 8.36. The van der Waals surface area contributed by atoms with Gasteiger partial charge in [-0.2, -0.15) is 0 Å². The number of allylic oxidation sites excluding steroid dienone is 1. The summed E-state index contributed by atoms with van der Waals surface area (Å²) < 4.78 is 22.1. The van der Waals surface area contributed by atoms with Gasteiger partial charge >= 0.3 is 0 Å². The van der Waals surface area contributed by atoms with E-state index in [1.807, 2.05) is 0 Å². The summed E-state index contributed by atoms with van der Waals surface area (Å²) >= 11 is 1.15. The summed E-state index contributed by atoms with van der Waals surface area (Å²) in [4.78, 5) is 3.81. The Morgan fingerprint density at radius 1 is 1.60 bits per heavy atom. The van der Waals surface area contributed by atoms with Crippen LogP contribution in [-0.4, -0.2) is 19.0 Å². The first kappa shape index (κ1) is 7.81. The smallest absolute Gasteiger partial charge is 0.225 e. The van der Waals surface area contributed by atoms with Gasteiger partial charge in [0.1, 0.15) is 0 Å². The average molecular weight is 177 g/mol. The first-order chi connectivity index (χ1) is 4.56. The molecule has 0 amide bonds. The molecule has 5 heteroatoms. The quantitative estimate of drug-likeness (QED) is 0.554. The summed E-state index contributed by atoms with van der Waals surface area (Å²) in [6.07, 6.45) is 1.70. The minimum Gasteiger partial charge on any atom is -0.234 e. The number of aliphatic imine (C=N–C) groups is 1. The molecule has 56 valence electrons. The van der Waals surface area contributed by atoms with Gasteiger partial charge in [-0.05, 0) is 13.2 Å². The third kappa shape index (κ3) is 1.24. The first-order valence-corrected chi connectivity index (χ1v) is 5.39. The van der Waals surface area contributed by atoms with Crippen LogP contribution in [0.15, 0.2) is 16.1 Å². The second kappa shape index (κ2) is 2.39. The molecule has 0 bridgehead atoms. The molecule has 0 aliphatic carbocycles. The second-order valence-corrected chi connectivity index (χ2v) is 4.65. The van der Waals surface area contributed by atoms with Crippen LogP contribution in [0.4, 0.5) is 0 Å². The van der Waals surface area contributed by atoms with Crippen LogP contribution < -0.4 is 0 Å². The van der Waals surface area contributed by atoms with Gasteiger partial charge in [-0.25, -0.2) is 13.4 Å². The SMILES string of the molecule is CSC1=NC(C)=CS1(=O)=O. The molecule has 1 heterocycles. The summed E-state index contributed by atoms with van der Waals surface area (Å²) in [5.74, 6) is 0. The Labute approximate surface area is 64.1 Å². The predicted octanol–water partition coefficient (Wildman–Crippen LogP) is 0.995. The molecule has 0 N–H and O–H groups in total. The van der Waals surface area contributed by atoms with Gasteiger partial charge in [0.15, 0.2) is 4.38 Å². The van der Waals surface area contributed by atoms with Crippen LogP contribution >= 0.6 is 11.8 Å². The highest BCUT2D eigenvalue weighted by Crippen LogP contribution is 2.19. The fourth-order valence-corrected chi connectivity index (χ4v) is 2.85. The fourth-order valence-electron chi connectivity index (χ4n) is 0.671. The number of hydrogen-bond acceptors (Lipinski definition) is 4. The third-order valence-corrected chi connectivity index (χ3v) is 3.88. The normalized spacial score (nSPS) is 22.2. The molecule has 10 heavy (non-hydrogen) atoms. The lowest BCUT2D eigenvalue weighted by molar-refractivity contribution is 0.616. The minimum atomic E-state index is -3.14. The largest absolute Gasteiger partial charge is 0.234 e. The summed E-state index contributed by atoms with van der Waals surface area (Å²) in [5.41, 5.74) is 0.560. The van der Waals surface area contributed by atoms with Crippen molar-refractivity contribution >= 4 is 26.0 Å². The molecule has 0 aromatic heterocycles. The van der Waals surface area contributed by atoms with Crippen molar-refractivity contribution in [1.82, 2.24) is 0 Å². The molecule has 0 fully saturated rings. The molecule has 1 aliphatic heterocycles. The number of sulfone groups is 1. The Bertz CT molecular complexity index is 300. The first-order valence-electron chi connectivity index (χ1n) is 2.62. The van der Waals surface area contributed by atoms with Crippen molar-refractivity contribution in [3.63, 3.8) is 0 Å². The molecule has 3 nitrogen and oxygen atoms in total. The van der Waals surface area contributed by atoms with Crippen molar-refractivity contribution in [2.24, 2.45) is 4.99 Å². The molecule has 1 rings (SSSR count). The van der Waals surface area contributed by atoms with Crippen molar-refractivity contribution < 1.29 is 8.42 Å². The van der Waals surface area contributed by atoms with E-state index in [0.717, 1.165) is 11.8 Å². The molecule has 0 spiro atoms. The highest BCUT2D eigenvalue weighted by atomic mass is 32.3. The van der Waals surface area contributed by atoms with Crippen LogP contribution in [0.2, 0.25) is 0 Å². The Morgan fingerprint density at radius 3 is 2.40 bits per heavy atom. The number of nitrogens with zero attached hydrogens (tertiary/aromatic N) is 1. The van der Waals surface area contributed by atoms with E-state index in [1.165, 1.54) is 5.41 Å². The maximum absolute atomic E-state index is 11.0. The van der Waals surface area contributed by atoms with Crippen molar-refractivity contribution in [1.29, 1.82) is 0 Å². The van der Waals surface area contributed by atoms with Gasteiger partial charge in [0.25, 0.3) is 0 Å². The number of hydrogen-bond donors (Lipinski definition) is 0. The van der Waals surface area contributed by atoms with Gasteiger partial charge in [0, 0.05) is 0 Å². The van der Waals surface area contributed by atoms with Crippen LogP contribution in [0, 0.1) is 0 Å². The summed E-state index contributed by atoms with van der Waals surface area (Å²) in [6, 6.07) is 0. The Morgan fingerprint density at radius 2 is 2.20 bits per heavy atom. The Kier molecular flexibility index (Phi) is 1.87. The minimum absolute atomic E-state index is 0.199. The molecule has 0 atom stereocenters. The van der Waals surface area contributed by atoms with E-state index in [4.69, 9.17) is 0 Å². The van der Waals surface area contributed by atoms with Crippen LogP contribution in [0.1, 0.15) is 6.92 Å². The lowest BCUT2D eigenvalue weighted by Crippen LogP contribution is -2.02. The van der Waals surface area contributed by atoms with Crippen LogP contribution in [0.5, 0.6) is 0 Å². The predicted molar refractivity (Wildman–Crippen MR) is 43.6 cm³/mol. The molecule has 0 aromatic carbocycles. The zero-order valence-electron chi connectivity index (χ0n) is 5.66. The van der Waals surface area contributed by atoms with Gasteiger partial charge in [-0.3, -0.25) is 0 Å². The molecule has 0 aromatic rings. The molecule has 1 aliphatic rings. The van der Waals surface area contributed by atoms with E-state index in [1.54, 1.807) is 13.2 Å². The maximum atomic E-state index is 11.0. The van der Waals surface area contributed by atoms with Crippen molar-refractivity contribution in [2.45, 2.75) is 6.92 Å². The molecule has 0 unspecified atom stereocenters. The summed E-state index contributed by atoms with van der Waals surface area (Å²) in [7, 11) is -3.14. The molecule has 0 saturated heterocycles. The zero-order chi connectivity index (χ0) is 7.78. The van der Waals surface area contributed by atoms with Crippen molar-refractivity contribution in [3.05, 3.63) is 11.1 Å². The van der Waals surface area contributed by atoms with Crippen LogP contribution in [0.25, 0.3) is 0 Å². The topological polar surface area (TPSA) is 46.5 Å². The van der Waals surface area contributed by atoms with Gasteiger partial charge in [0.05, 0.1) is 11.1 Å². The van der Waals surface area contributed by atoms with Gasteiger partial charge < -0.3 is 0 Å². The van der Waals surface area contributed by atoms with E-state index >= 15 is 0 Å². The zero-order valence-corrected chi connectivity index (χ0v) is 7.29. The van der Waals surface area contributed by atoms with Crippen LogP contribution in [0.3, 0.4) is 0 Å².